The smallest absolute Gasteiger partial charge is 0.319 e. The first kappa shape index (κ1) is 20.9. The van der Waals surface area contributed by atoms with Crippen molar-refractivity contribution in [2.75, 3.05) is 19.2 Å². The van der Waals surface area contributed by atoms with Crippen LogP contribution in [0.5, 0.6) is 17.2 Å². The van der Waals surface area contributed by atoms with Crippen LogP contribution in [0.3, 0.4) is 0 Å². The van der Waals surface area contributed by atoms with Gasteiger partial charge in [-0.25, -0.2) is 4.79 Å². The van der Waals surface area contributed by atoms with Gasteiger partial charge < -0.3 is 24.8 Å². The zero-order valence-electron chi connectivity index (χ0n) is 17.1. The molecule has 0 saturated heterocycles. The summed E-state index contributed by atoms with van der Waals surface area (Å²) < 4.78 is 16.1. The molecule has 2 amide bonds. The van der Waals surface area contributed by atoms with Gasteiger partial charge in [-0.05, 0) is 72.5 Å². The molecule has 0 unspecified atom stereocenters. The Morgan fingerprint density at radius 1 is 0.968 bits per heavy atom. The molecule has 7 heteroatoms. The monoisotopic (exact) mass is 438 g/mol. The van der Waals surface area contributed by atoms with E-state index in [2.05, 4.69) is 10.6 Å². The zero-order valence-corrected chi connectivity index (χ0v) is 17.8. The third-order valence-corrected chi connectivity index (χ3v) is 5.25. The summed E-state index contributed by atoms with van der Waals surface area (Å²) >= 11 is 5.92. The lowest BCUT2D eigenvalue weighted by atomic mass is 9.98. The molecule has 4 rings (SSSR count). The average Bonchev–Trinajstić information content (AvgIpc) is 3.24. The van der Waals surface area contributed by atoms with Crippen molar-refractivity contribution in [2.24, 2.45) is 0 Å². The highest BCUT2D eigenvalue weighted by Crippen LogP contribution is 2.33. The molecule has 0 aliphatic carbocycles. The summed E-state index contributed by atoms with van der Waals surface area (Å²) in [7, 11) is 1.64. The van der Waals surface area contributed by atoms with E-state index in [4.69, 9.17) is 25.8 Å². The Balaban J connectivity index is 1.48. The van der Waals surface area contributed by atoms with E-state index in [-0.39, 0.29) is 18.9 Å². The van der Waals surface area contributed by atoms with Crippen molar-refractivity contribution < 1.29 is 19.0 Å². The van der Waals surface area contributed by atoms with Crippen molar-refractivity contribution >= 4 is 23.3 Å². The minimum atomic E-state index is -0.276. The van der Waals surface area contributed by atoms with Gasteiger partial charge in [0.1, 0.15) is 5.75 Å². The first-order valence-corrected chi connectivity index (χ1v) is 10.3. The lowest BCUT2D eigenvalue weighted by molar-refractivity contribution is 0.174. The minimum Gasteiger partial charge on any atom is -0.497 e. The molecule has 3 aromatic carbocycles. The van der Waals surface area contributed by atoms with Gasteiger partial charge in [-0.2, -0.15) is 0 Å². The van der Waals surface area contributed by atoms with Gasteiger partial charge in [0.05, 0.1) is 7.11 Å². The molecular formula is C24H23ClN2O4. The predicted octanol–water partition coefficient (Wildman–Crippen LogP) is 5.05. The van der Waals surface area contributed by atoms with Crippen molar-refractivity contribution in [3.8, 4) is 17.2 Å². The van der Waals surface area contributed by atoms with E-state index in [9.17, 15) is 4.79 Å². The number of methoxy groups -OCH3 is 1. The predicted molar refractivity (Wildman–Crippen MR) is 120 cm³/mol. The van der Waals surface area contributed by atoms with E-state index in [1.807, 2.05) is 42.5 Å². The van der Waals surface area contributed by atoms with Crippen molar-refractivity contribution in [3.05, 3.63) is 82.9 Å². The molecular weight excluding hydrogens is 416 g/mol. The SMILES string of the molecule is COc1ccc(C[C@H](Cc2ccc3c(c2)OCO3)NC(=O)Nc2ccc(Cl)cc2)cc1. The highest BCUT2D eigenvalue weighted by atomic mass is 35.5. The molecule has 1 aliphatic rings. The number of nitrogens with one attached hydrogen (secondary N) is 2. The van der Waals surface area contributed by atoms with Gasteiger partial charge in [0, 0.05) is 16.8 Å². The quantitative estimate of drug-likeness (QED) is 0.541. The number of hydrogen-bond acceptors (Lipinski definition) is 4. The van der Waals surface area contributed by atoms with E-state index < -0.39 is 0 Å². The summed E-state index contributed by atoms with van der Waals surface area (Å²) in [6, 6.07) is 20.3. The molecule has 6 nitrogen and oxygen atoms in total. The second kappa shape index (κ2) is 9.62. The number of hydrogen-bond donors (Lipinski definition) is 2. The lowest BCUT2D eigenvalue weighted by Gasteiger charge is -2.20. The Morgan fingerprint density at radius 3 is 2.39 bits per heavy atom. The highest BCUT2D eigenvalue weighted by Gasteiger charge is 2.18. The lowest BCUT2D eigenvalue weighted by Crippen LogP contribution is -2.40. The average molecular weight is 439 g/mol. The van der Waals surface area contributed by atoms with E-state index in [1.165, 1.54) is 0 Å². The number of carbonyl (C=O) groups excluding carboxylic acids is 1. The fourth-order valence-corrected chi connectivity index (χ4v) is 3.58. The molecule has 0 fully saturated rings. The molecule has 2 N–H and O–H groups in total. The molecule has 31 heavy (non-hydrogen) atoms. The molecule has 3 aromatic rings. The summed E-state index contributed by atoms with van der Waals surface area (Å²) in [6.45, 7) is 0.232. The van der Waals surface area contributed by atoms with Gasteiger partial charge in [-0.15, -0.1) is 0 Å². The number of anilines is 1. The van der Waals surface area contributed by atoms with Crippen LogP contribution >= 0.6 is 11.6 Å². The largest absolute Gasteiger partial charge is 0.497 e. The molecule has 0 radical (unpaired) electrons. The maximum Gasteiger partial charge on any atom is 0.319 e. The van der Waals surface area contributed by atoms with Crippen LogP contribution in [0.2, 0.25) is 5.02 Å². The number of urea groups is 1. The topological polar surface area (TPSA) is 68.8 Å². The van der Waals surface area contributed by atoms with E-state index in [0.717, 1.165) is 28.4 Å². The van der Waals surface area contributed by atoms with E-state index >= 15 is 0 Å². The normalized spacial score (nSPS) is 12.8. The first-order chi connectivity index (χ1) is 15.1. The summed E-state index contributed by atoms with van der Waals surface area (Å²) in [4.78, 5) is 12.7. The van der Waals surface area contributed by atoms with E-state index in [1.54, 1.807) is 31.4 Å². The molecule has 1 heterocycles. The molecule has 0 saturated carbocycles. The van der Waals surface area contributed by atoms with Crippen molar-refractivity contribution in [1.82, 2.24) is 5.32 Å². The number of rotatable bonds is 7. The number of halogens is 1. The summed E-state index contributed by atoms with van der Waals surface area (Å²) in [5.41, 5.74) is 2.82. The third kappa shape index (κ3) is 5.61. The second-order valence-corrected chi connectivity index (χ2v) is 7.68. The van der Waals surface area contributed by atoms with Crippen molar-refractivity contribution in [2.45, 2.75) is 18.9 Å². The summed E-state index contributed by atoms with van der Waals surface area (Å²) in [5.74, 6) is 2.26. The molecule has 0 bridgehead atoms. The van der Waals surface area contributed by atoms with Crippen LogP contribution in [0.25, 0.3) is 0 Å². The van der Waals surface area contributed by atoms with Crippen LogP contribution in [0.1, 0.15) is 11.1 Å². The Labute approximate surface area is 186 Å². The zero-order chi connectivity index (χ0) is 21.6. The number of carbonyl (C=O) groups is 1. The summed E-state index contributed by atoms with van der Waals surface area (Å²) in [5, 5.41) is 6.56. The van der Waals surface area contributed by atoms with Crippen molar-refractivity contribution in [1.29, 1.82) is 0 Å². The maximum absolute atomic E-state index is 12.7. The van der Waals surface area contributed by atoms with Crippen LogP contribution in [-0.4, -0.2) is 26.0 Å². The van der Waals surface area contributed by atoms with Crippen molar-refractivity contribution in [3.63, 3.8) is 0 Å². The highest BCUT2D eigenvalue weighted by molar-refractivity contribution is 6.30. The number of benzene rings is 3. The second-order valence-electron chi connectivity index (χ2n) is 7.25. The maximum atomic E-state index is 12.7. The van der Waals surface area contributed by atoms with Crippen LogP contribution in [0.15, 0.2) is 66.7 Å². The molecule has 1 aliphatic heterocycles. The summed E-state index contributed by atoms with van der Waals surface area (Å²) in [6.07, 6.45) is 1.29. The van der Waals surface area contributed by atoms with Gasteiger partial charge in [-0.1, -0.05) is 29.8 Å². The van der Waals surface area contributed by atoms with Crippen LogP contribution in [-0.2, 0) is 12.8 Å². The van der Waals surface area contributed by atoms with Gasteiger partial charge in [0.2, 0.25) is 6.79 Å². The standard InChI is InChI=1S/C24H23ClN2O4/c1-29-21-9-2-16(3-10-21)12-20(13-17-4-11-22-23(14-17)31-15-30-22)27-24(28)26-19-7-5-18(25)6-8-19/h2-11,14,20H,12-13,15H2,1H3,(H2,26,27,28)/t20-/m1/s1. The van der Waals surface area contributed by atoms with Gasteiger partial charge in [-0.3, -0.25) is 0 Å². The molecule has 0 spiro atoms. The Bertz CT molecular complexity index is 1040. The van der Waals surface area contributed by atoms with Gasteiger partial charge in [0.15, 0.2) is 11.5 Å². The fraction of sp³-hybridized carbons (Fsp3) is 0.208. The first-order valence-electron chi connectivity index (χ1n) is 9.93. The number of ether oxygens (including phenoxy) is 3. The molecule has 0 aromatic heterocycles. The Morgan fingerprint density at radius 2 is 1.65 bits per heavy atom. The Kier molecular flexibility index (Phi) is 6.48. The van der Waals surface area contributed by atoms with Crippen LogP contribution in [0.4, 0.5) is 10.5 Å². The van der Waals surface area contributed by atoms with E-state index in [0.29, 0.717) is 23.6 Å². The van der Waals surface area contributed by atoms with Gasteiger partial charge in [0.25, 0.3) is 0 Å². The fourth-order valence-electron chi connectivity index (χ4n) is 3.46. The van der Waals surface area contributed by atoms with Crippen LogP contribution in [0, 0.1) is 0 Å². The van der Waals surface area contributed by atoms with Crippen LogP contribution < -0.4 is 24.8 Å². The molecule has 1 atom stereocenters. The Hall–Kier alpha value is -3.38. The molecule has 160 valence electrons. The number of fused-ring (bicyclic) bond motifs is 1. The third-order valence-electron chi connectivity index (χ3n) is 5.00. The van der Waals surface area contributed by atoms with Gasteiger partial charge >= 0.3 is 6.03 Å². The minimum absolute atomic E-state index is 0.138. The number of amides is 2.